The number of hydrogen-bond acceptors (Lipinski definition) is 2. The average Bonchev–Trinajstić information content (AvgIpc) is 3.13. The Hall–Kier alpha value is -0.380. The van der Waals surface area contributed by atoms with Gasteiger partial charge in [-0.2, -0.15) is 0 Å². The van der Waals surface area contributed by atoms with Crippen LogP contribution in [0.1, 0.15) is 32.3 Å². The van der Waals surface area contributed by atoms with Crippen LogP contribution in [0.3, 0.4) is 0 Å². The average molecular weight is 311 g/mol. The summed E-state index contributed by atoms with van der Waals surface area (Å²) < 4.78 is 1.20. The minimum absolute atomic E-state index is 0.152. The summed E-state index contributed by atoms with van der Waals surface area (Å²) in [6.45, 7) is 7.70. The van der Waals surface area contributed by atoms with Crippen molar-refractivity contribution in [2.45, 2.75) is 38.1 Å². The Balaban J connectivity index is 1.77. The lowest BCUT2D eigenvalue weighted by Gasteiger charge is -2.27. The lowest BCUT2D eigenvalue weighted by atomic mass is 9.84. The van der Waals surface area contributed by atoms with Crippen LogP contribution in [0.25, 0.3) is 0 Å². The molecule has 1 aliphatic carbocycles. The maximum absolute atomic E-state index is 3.64. The van der Waals surface area contributed by atoms with E-state index in [4.69, 9.17) is 0 Å². The fraction of sp³-hybridized carbons (Fsp3) is 0.600. The van der Waals surface area contributed by atoms with Gasteiger partial charge >= 0.3 is 0 Å². The predicted octanol–water partition coefficient (Wildman–Crippen LogP) is 3.07. The first-order valence-corrected chi connectivity index (χ1v) is 7.58. The molecule has 1 aliphatic rings. The molecule has 1 aromatic rings. The lowest BCUT2D eigenvalue weighted by molar-refractivity contribution is 0.463. The normalized spacial score (nSPS) is 15.9. The van der Waals surface area contributed by atoms with Gasteiger partial charge < -0.3 is 10.6 Å². The van der Waals surface area contributed by atoms with Gasteiger partial charge in [0.15, 0.2) is 0 Å². The van der Waals surface area contributed by atoms with E-state index in [0.29, 0.717) is 0 Å². The summed E-state index contributed by atoms with van der Waals surface area (Å²) in [5.41, 5.74) is 1.52. The highest BCUT2D eigenvalue weighted by Crippen LogP contribution is 2.29. The molecular weight excluding hydrogens is 288 g/mol. The van der Waals surface area contributed by atoms with Gasteiger partial charge in [0, 0.05) is 35.6 Å². The van der Waals surface area contributed by atoms with E-state index < -0.39 is 0 Å². The Morgan fingerprint density at radius 1 is 1.22 bits per heavy atom. The second kappa shape index (κ2) is 6.18. The van der Waals surface area contributed by atoms with Gasteiger partial charge in [-0.15, -0.1) is 0 Å². The zero-order valence-electron chi connectivity index (χ0n) is 11.3. The molecule has 0 amide bonds. The standard InChI is InChI=1S/C15H23BrN2/c1-15(2,13-5-3-4-6-14(13)16)11-17-9-10-18-12-7-8-12/h3-6,12,17-18H,7-11H2,1-2H3. The van der Waals surface area contributed by atoms with E-state index in [1.165, 1.54) is 22.9 Å². The monoisotopic (exact) mass is 310 g/mol. The van der Waals surface area contributed by atoms with Crippen LogP contribution in [0.4, 0.5) is 0 Å². The summed E-state index contributed by atoms with van der Waals surface area (Å²) in [4.78, 5) is 0. The van der Waals surface area contributed by atoms with Crippen molar-refractivity contribution in [3.63, 3.8) is 0 Å². The van der Waals surface area contributed by atoms with Crippen LogP contribution < -0.4 is 10.6 Å². The Labute approximate surface area is 119 Å². The van der Waals surface area contributed by atoms with Crippen LogP contribution in [-0.4, -0.2) is 25.7 Å². The van der Waals surface area contributed by atoms with Gasteiger partial charge in [0.2, 0.25) is 0 Å². The second-order valence-electron chi connectivity index (χ2n) is 5.77. The van der Waals surface area contributed by atoms with Crippen molar-refractivity contribution in [3.8, 4) is 0 Å². The van der Waals surface area contributed by atoms with E-state index >= 15 is 0 Å². The molecule has 2 N–H and O–H groups in total. The maximum atomic E-state index is 3.64. The smallest absolute Gasteiger partial charge is 0.0213 e. The molecule has 1 saturated carbocycles. The third kappa shape index (κ3) is 4.08. The zero-order valence-corrected chi connectivity index (χ0v) is 12.9. The minimum atomic E-state index is 0.152. The van der Waals surface area contributed by atoms with Crippen molar-refractivity contribution in [1.82, 2.24) is 10.6 Å². The van der Waals surface area contributed by atoms with E-state index in [1.807, 2.05) is 0 Å². The predicted molar refractivity (Wildman–Crippen MR) is 81.1 cm³/mol. The van der Waals surface area contributed by atoms with Crippen molar-refractivity contribution in [3.05, 3.63) is 34.3 Å². The first-order chi connectivity index (χ1) is 8.59. The van der Waals surface area contributed by atoms with Crippen LogP contribution in [0.5, 0.6) is 0 Å². The van der Waals surface area contributed by atoms with Crippen molar-refractivity contribution in [2.75, 3.05) is 19.6 Å². The van der Waals surface area contributed by atoms with Gasteiger partial charge in [-0.1, -0.05) is 48.0 Å². The summed E-state index contributed by atoms with van der Waals surface area (Å²) in [6, 6.07) is 9.30. The summed E-state index contributed by atoms with van der Waals surface area (Å²) in [6.07, 6.45) is 2.73. The Bertz CT molecular complexity index is 386. The molecule has 0 bridgehead atoms. The number of benzene rings is 1. The van der Waals surface area contributed by atoms with Gasteiger partial charge in [-0.3, -0.25) is 0 Å². The highest BCUT2D eigenvalue weighted by Gasteiger charge is 2.22. The number of hydrogen-bond donors (Lipinski definition) is 2. The Morgan fingerprint density at radius 3 is 2.61 bits per heavy atom. The molecule has 0 spiro atoms. The Morgan fingerprint density at radius 2 is 1.94 bits per heavy atom. The first-order valence-electron chi connectivity index (χ1n) is 6.79. The molecule has 1 fully saturated rings. The van der Waals surface area contributed by atoms with Crippen molar-refractivity contribution < 1.29 is 0 Å². The van der Waals surface area contributed by atoms with E-state index in [9.17, 15) is 0 Å². The largest absolute Gasteiger partial charge is 0.315 e. The van der Waals surface area contributed by atoms with Crippen LogP contribution in [0, 0.1) is 0 Å². The molecular formula is C15H23BrN2. The van der Waals surface area contributed by atoms with Gasteiger partial charge in [-0.05, 0) is 24.5 Å². The molecule has 18 heavy (non-hydrogen) atoms. The van der Waals surface area contributed by atoms with Crippen molar-refractivity contribution in [1.29, 1.82) is 0 Å². The molecule has 0 unspecified atom stereocenters. The molecule has 0 aromatic heterocycles. The molecule has 3 heteroatoms. The summed E-state index contributed by atoms with van der Waals surface area (Å²) in [5.74, 6) is 0. The van der Waals surface area contributed by atoms with Crippen LogP contribution >= 0.6 is 15.9 Å². The number of rotatable bonds is 7. The number of nitrogens with one attached hydrogen (secondary N) is 2. The van der Waals surface area contributed by atoms with Crippen LogP contribution in [0.2, 0.25) is 0 Å². The van der Waals surface area contributed by atoms with Gasteiger partial charge in [-0.25, -0.2) is 0 Å². The van der Waals surface area contributed by atoms with E-state index in [1.54, 1.807) is 0 Å². The number of halogens is 1. The quantitative estimate of drug-likeness (QED) is 0.756. The molecule has 0 radical (unpaired) electrons. The molecule has 0 aliphatic heterocycles. The highest BCUT2D eigenvalue weighted by molar-refractivity contribution is 9.10. The molecule has 100 valence electrons. The summed E-state index contributed by atoms with van der Waals surface area (Å²) in [5, 5.41) is 7.07. The summed E-state index contributed by atoms with van der Waals surface area (Å²) in [7, 11) is 0. The highest BCUT2D eigenvalue weighted by atomic mass is 79.9. The molecule has 0 heterocycles. The van der Waals surface area contributed by atoms with E-state index in [0.717, 1.165) is 25.7 Å². The zero-order chi connectivity index (χ0) is 13.0. The van der Waals surface area contributed by atoms with Crippen molar-refractivity contribution in [2.24, 2.45) is 0 Å². The van der Waals surface area contributed by atoms with Crippen LogP contribution in [-0.2, 0) is 5.41 Å². The molecule has 0 saturated heterocycles. The third-order valence-electron chi connectivity index (χ3n) is 3.48. The maximum Gasteiger partial charge on any atom is 0.0213 e. The fourth-order valence-corrected chi connectivity index (χ4v) is 2.98. The molecule has 2 rings (SSSR count). The van der Waals surface area contributed by atoms with Gasteiger partial charge in [0.25, 0.3) is 0 Å². The fourth-order valence-electron chi connectivity index (χ4n) is 2.16. The molecule has 2 nitrogen and oxygen atoms in total. The van der Waals surface area contributed by atoms with E-state index in [2.05, 4.69) is 64.7 Å². The third-order valence-corrected chi connectivity index (χ3v) is 4.17. The first kappa shape index (κ1) is 14.0. The van der Waals surface area contributed by atoms with Crippen LogP contribution in [0.15, 0.2) is 28.7 Å². The summed E-state index contributed by atoms with van der Waals surface area (Å²) >= 11 is 3.64. The SMILES string of the molecule is CC(C)(CNCCNC1CC1)c1ccccc1Br. The van der Waals surface area contributed by atoms with Gasteiger partial charge in [0.05, 0.1) is 0 Å². The van der Waals surface area contributed by atoms with Gasteiger partial charge in [0.1, 0.15) is 0 Å². The minimum Gasteiger partial charge on any atom is -0.315 e. The topological polar surface area (TPSA) is 24.1 Å². The molecule has 1 aromatic carbocycles. The molecule has 0 atom stereocenters. The lowest BCUT2D eigenvalue weighted by Crippen LogP contribution is -2.37. The van der Waals surface area contributed by atoms with Crippen molar-refractivity contribution >= 4 is 15.9 Å². The van der Waals surface area contributed by atoms with E-state index in [-0.39, 0.29) is 5.41 Å². The second-order valence-corrected chi connectivity index (χ2v) is 6.62. The Kier molecular flexibility index (Phi) is 4.82.